The minimum atomic E-state index is -0.583. The van der Waals surface area contributed by atoms with Crippen LogP contribution in [0.2, 0.25) is 0 Å². The average Bonchev–Trinajstić information content (AvgIpc) is 2.61. The standard InChI is InChI=1S/C20H16O5/c1-3-15(21)18-16(24-20(23)13-7-5-4-6-8-13)10-9-14-12(2)11-17(22)25-19(14)18/h4-11H,3H2,1-2H3. The van der Waals surface area contributed by atoms with E-state index in [2.05, 4.69) is 0 Å². The lowest BCUT2D eigenvalue weighted by molar-refractivity contribution is 0.0732. The minimum absolute atomic E-state index is 0.0851. The van der Waals surface area contributed by atoms with Crippen molar-refractivity contribution in [3.05, 3.63) is 75.6 Å². The first-order valence-corrected chi connectivity index (χ1v) is 7.89. The highest BCUT2D eigenvalue weighted by Crippen LogP contribution is 2.30. The zero-order chi connectivity index (χ0) is 18.0. The molecule has 0 saturated heterocycles. The Balaban J connectivity index is 2.16. The van der Waals surface area contributed by atoms with Crippen LogP contribution in [0.1, 0.15) is 39.6 Å². The first-order valence-electron chi connectivity index (χ1n) is 7.89. The van der Waals surface area contributed by atoms with Crippen molar-refractivity contribution < 1.29 is 18.7 Å². The smallest absolute Gasteiger partial charge is 0.343 e. The third-order valence-corrected chi connectivity index (χ3v) is 3.89. The van der Waals surface area contributed by atoms with Crippen molar-refractivity contribution >= 4 is 22.7 Å². The summed E-state index contributed by atoms with van der Waals surface area (Å²) in [6.07, 6.45) is 0.187. The van der Waals surface area contributed by atoms with Gasteiger partial charge >= 0.3 is 11.6 Å². The van der Waals surface area contributed by atoms with Crippen LogP contribution in [0.4, 0.5) is 0 Å². The van der Waals surface area contributed by atoms with Crippen LogP contribution in [0.3, 0.4) is 0 Å². The summed E-state index contributed by atoms with van der Waals surface area (Å²) in [4.78, 5) is 36.5. The number of Topliss-reactive ketones (excluding diaryl/α,β-unsaturated/α-hetero) is 1. The highest BCUT2D eigenvalue weighted by Gasteiger charge is 2.21. The van der Waals surface area contributed by atoms with Gasteiger partial charge in [-0.15, -0.1) is 0 Å². The molecule has 0 aliphatic heterocycles. The fraction of sp³-hybridized carbons (Fsp3) is 0.150. The van der Waals surface area contributed by atoms with Crippen molar-refractivity contribution in [1.82, 2.24) is 0 Å². The van der Waals surface area contributed by atoms with Crippen LogP contribution in [0.15, 0.2) is 57.7 Å². The number of ketones is 1. The Morgan fingerprint density at radius 2 is 1.80 bits per heavy atom. The summed E-state index contributed by atoms with van der Waals surface area (Å²) in [7, 11) is 0. The number of aryl methyl sites for hydroxylation is 1. The molecular formula is C20H16O5. The molecule has 0 fully saturated rings. The minimum Gasteiger partial charge on any atom is -0.422 e. The summed E-state index contributed by atoms with van der Waals surface area (Å²) in [5.74, 6) is -0.766. The molecule has 5 heteroatoms. The molecule has 0 unspecified atom stereocenters. The van der Waals surface area contributed by atoms with E-state index >= 15 is 0 Å². The van der Waals surface area contributed by atoms with Crippen LogP contribution in [-0.4, -0.2) is 11.8 Å². The van der Waals surface area contributed by atoms with E-state index in [4.69, 9.17) is 9.15 Å². The number of ether oxygens (including phenoxy) is 1. The summed E-state index contributed by atoms with van der Waals surface area (Å²) >= 11 is 0. The van der Waals surface area contributed by atoms with E-state index in [1.54, 1.807) is 56.3 Å². The molecule has 5 nitrogen and oxygen atoms in total. The van der Waals surface area contributed by atoms with Crippen molar-refractivity contribution in [2.45, 2.75) is 20.3 Å². The van der Waals surface area contributed by atoms with Crippen LogP contribution in [-0.2, 0) is 0 Å². The maximum Gasteiger partial charge on any atom is 0.343 e. The zero-order valence-corrected chi connectivity index (χ0v) is 13.9. The average molecular weight is 336 g/mol. The van der Waals surface area contributed by atoms with E-state index in [0.717, 1.165) is 0 Å². The fourth-order valence-electron chi connectivity index (χ4n) is 2.62. The van der Waals surface area contributed by atoms with Gasteiger partial charge in [0.05, 0.1) is 5.56 Å². The van der Waals surface area contributed by atoms with E-state index in [-0.39, 0.29) is 29.1 Å². The summed E-state index contributed by atoms with van der Waals surface area (Å²) in [6.45, 7) is 3.45. The molecule has 1 heterocycles. The third-order valence-electron chi connectivity index (χ3n) is 3.89. The molecule has 0 spiro atoms. The molecule has 0 radical (unpaired) electrons. The number of hydrogen-bond donors (Lipinski definition) is 0. The van der Waals surface area contributed by atoms with Crippen LogP contribution >= 0.6 is 0 Å². The van der Waals surface area contributed by atoms with Gasteiger partial charge in [-0.1, -0.05) is 25.1 Å². The molecule has 0 aliphatic rings. The maximum atomic E-state index is 12.4. The topological polar surface area (TPSA) is 73.6 Å². The van der Waals surface area contributed by atoms with Crippen molar-refractivity contribution in [3.63, 3.8) is 0 Å². The van der Waals surface area contributed by atoms with Crippen molar-refractivity contribution in [1.29, 1.82) is 0 Å². The number of benzene rings is 2. The number of fused-ring (bicyclic) bond motifs is 1. The van der Waals surface area contributed by atoms with Gasteiger partial charge in [-0.3, -0.25) is 4.79 Å². The molecule has 0 atom stereocenters. The molecule has 126 valence electrons. The summed E-state index contributed by atoms with van der Waals surface area (Å²) in [5, 5.41) is 0.635. The molecule has 1 aromatic heterocycles. The molecule has 0 saturated carbocycles. The van der Waals surface area contributed by atoms with Gasteiger partial charge in [0.1, 0.15) is 11.3 Å². The Morgan fingerprint density at radius 1 is 1.08 bits per heavy atom. The largest absolute Gasteiger partial charge is 0.422 e. The molecule has 0 amide bonds. The highest BCUT2D eigenvalue weighted by atomic mass is 16.5. The van der Waals surface area contributed by atoms with E-state index < -0.39 is 11.6 Å². The first kappa shape index (κ1) is 16.6. The molecule has 3 aromatic rings. The second-order valence-electron chi connectivity index (χ2n) is 5.60. The summed E-state index contributed by atoms with van der Waals surface area (Å²) in [6, 6.07) is 13.1. The van der Waals surface area contributed by atoms with Crippen molar-refractivity contribution in [2.24, 2.45) is 0 Å². The second-order valence-corrected chi connectivity index (χ2v) is 5.60. The van der Waals surface area contributed by atoms with E-state index in [1.807, 2.05) is 0 Å². The Morgan fingerprint density at radius 3 is 2.48 bits per heavy atom. The maximum absolute atomic E-state index is 12.4. The fourth-order valence-corrected chi connectivity index (χ4v) is 2.62. The predicted octanol–water partition coefficient (Wildman–Crippen LogP) is 3.91. The number of carbonyl (C=O) groups is 2. The number of rotatable bonds is 4. The lowest BCUT2D eigenvalue weighted by atomic mass is 10.0. The molecule has 0 bridgehead atoms. The van der Waals surface area contributed by atoms with Gasteiger partial charge in [0, 0.05) is 17.9 Å². The van der Waals surface area contributed by atoms with Gasteiger partial charge in [0.15, 0.2) is 11.4 Å². The Labute approximate surface area is 143 Å². The molecule has 0 N–H and O–H groups in total. The molecular weight excluding hydrogens is 320 g/mol. The molecule has 3 rings (SSSR count). The van der Waals surface area contributed by atoms with Crippen molar-refractivity contribution in [2.75, 3.05) is 0 Å². The molecule has 0 aliphatic carbocycles. The molecule has 25 heavy (non-hydrogen) atoms. The number of hydrogen-bond acceptors (Lipinski definition) is 5. The van der Waals surface area contributed by atoms with Gasteiger partial charge in [-0.05, 0) is 36.8 Å². The van der Waals surface area contributed by atoms with Gasteiger partial charge in [-0.2, -0.15) is 0 Å². The first-order chi connectivity index (χ1) is 12.0. The predicted molar refractivity (Wildman–Crippen MR) is 93.2 cm³/mol. The lowest BCUT2D eigenvalue weighted by Gasteiger charge is -2.12. The Hall–Kier alpha value is -3.21. The van der Waals surface area contributed by atoms with Gasteiger partial charge in [0.25, 0.3) is 0 Å². The number of esters is 1. The quantitative estimate of drug-likeness (QED) is 0.312. The van der Waals surface area contributed by atoms with Crippen molar-refractivity contribution in [3.8, 4) is 5.75 Å². The van der Waals surface area contributed by atoms with Gasteiger partial charge < -0.3 is 9.15 Å². The Bertz CT molecular complexity index is 1020. The zero-order valence-electron chi connectivity index (χ0n) is 13.9. The number of carbonyl (C=O) groups excluding carboxylic acids is 2. The monoisotopic (exact) mass is 336 g/mol. The highest BCUT2D eigenvalue weighted by molar-refractivity contribution is 6.09. The van der Waals surface area contributed by atoms with Crippen LogP contribution in [0.25, 0.3) is 11.0 Å². The van der Waals surface area contributed by atoms with Crippen LogP contribution in [0.5, 0.6) is 5.75 Å². The van der Waals surface area contributed by atoms with E-state index in [1.165, 1.54) is 6.07 Å². The van der Waals surface area contributed by atoms with E-state index in [9.17, 15) is 14.4 Å². The second kappa shape index (κ2) is 6.73. The SMILES string of the molecule is CCC(=O)c1c(OC(=O)c2ccccc2)ccc2c(C)cc(=O)oc12. The van der Waals surface area contributed by atoms with Crippen LogP contribution < -0.4 is 10.4 Å². The normalized spacial score (nSPS) is 10.6. The summed E-state index contributed by atoms with van der Waals surface area (Å²) < 4.78 is 10.7. The summed E-state index contributed by atoms with van der Waals surface area (Å²) in [5.41, 5.74) is 0.766. The van der Waals surface area contributed by atoms with Crippen LogP contribution in [0, 0.1) is 6.92 Å². The Kier molecular flexibility index (Phi) is 4.48. The van der Waals surface area contributed by atoms with Gasteiger partial charge in [0.2, 0.25) is 0 Å². The lowest BCUT2D eigenvalue weighted by Crippen LogP contribution is -2.12. The molecule has 2 aromatic carbocycles. The third kappa shape index (κ3) is 3.21. The van der Waals surface area contributed by atoms with Gasteiger partial charge in [-0.25, -0.2) is 9.59 Å². The van der Waals surface area contributed by atoms with E-state index in [0.29, 0.717) is 16.5 Å².